The third-order valence-corrected chi connectivity index (χ3v) is 8.74. The number of carbonyl (C=O) groups is 1. The summed E-state index contributed by atoms with van der Waals surface area (Å²) in [5.74, 6) is 5.21. The van der Waals surface area contributed by atoms with E-state index in [2.05, 4.69) is 16.8 Å². The maximum atomic E-state index is 13.6. The molecule has 0 bridgehead atoms. The van der Waals surface area contributed by atoms with Crippen molar-refractivity contribution in [2.45, 2.75) is 30.9 Å². The summed E-state index contributed by atoms with van der Waals surface area (Å²) in [7, 11) is -0.896. The van der Waals surface area contributed by atoms with E-state index in [9.17, 15) is 22.7 Å². The molecule has 3 atom stereocenters. The SMILES string of the molecule is COc1ccc(S(=O)(=O)N(C)C[C@@H]2Oc3ncc(C#Cc4cccc(F)c4)cc3C(=O)N([C@H](C)CO)C[C@@H]2C)cc1. The van der Waals surface area contributed by atoms with Crippen molar-refractivity contribution in [1.82, 2.24) is 14.2 Å². The van der Waals surface area contributed by atoms with Crippen molar-refractivity contribution in [3.05, 3.63) is 83.3 Å². The molecule has 41 heavy (non-hydrogen) atoms. The summed E-state index contributed by atoms with van der Waals surface area (Å²) in [6.45, 7) is 3.50. The standard InChI is InChI=1S/C30H32FN3O6S/c1-20-17-34(21(2)19-35)30(36)27-15-23(9-8-22-6-5-7-24(31)14-22)16-32-29(27)40-28(20)18-33(3)41(37,38)26-12-10-25(39-4)11-13-26/h5-7,10-16,20-21,28,35H,17-19H2,1-4H3/t20-,21+,28-/m0/s1. The molecule has 2 aromatic carbocycles. The average Bonchev–Trinajstić information content (AvgIpc) is 2.97. The maximum absolute atomic E-state index is 13.6. The van der Waals surface area contributed by atoms with Crippen LogP contribution in [0.1, 0.15) is 35.3 Å². The topological polar surface area (TPSA) is 109 Å². The summed E-state index contributed by atoms with van der Waals surface area (Å²) in [6, 6.07) is 13.0. The van der Waals surface area contributed by atoms with Crippen molar-refractivity contribution in [3.63, 3.8) is 0 Å². The Labute approximate surface area is 239 Å². The zero-order valence-corrected chi connectivity index (χ0v) is 24.1. The van der Waals surface area contributed by atoms with Gasteiger partial charge in [-0.15, -0.1) is 0 Å². The fourth-order valence-corrected chi connectivity index (χ4v) is 5.56. The molecule has 0 unspecified atom stereocenters. The molecule has 1 aromatic heterocycles. The molecule has 1 amide bonds. The van der Waals surface area contributed by atoms with Gasteiger partial charge >= 0.3 is 0 Å². The van der Waals surface area contributed by atoms with Gasteiger partial charge in [-0.25, -0.2) is 17.8 Å². The fourth-order valence-electron chi connectivity index (χ4n) is 4.38. The Hall–Kier alpha value is -3.98. The van der Waals surface area contributed by atoms with Crippen LogP contribution < -0.4 is 9.47 Å². The minimum Gasteiger partial charge on any atom is -0.497 e. The number of ether oxygens (including phenoxy) is 2. The van der Waals surface area contributed by atoms with E-state index >= 15 is 0 Å². The summed E-state index contributed by atoms with van der Waals surface area (Å²) in [4.78, 5) is 19.6. The number of methoxy groups -OCH3 is 1. The number of pyridine rings is 1. The Morgan fingerprint density at radius 2 is 1.90 bits per heavy atom. The summed E-state index contributed by atoms with van der Waals surface area (Å²) in [5, 5.41) is 9.88. The first-order chi connectivity index (χ1) is 19.5. The van der Waals surface area contributed by atoms with Gasteiger partial charge < -0.3 is 19.5 Å². The molecule has 11 heteroatoms. The van der Waals surface area contributed by atoms with Crippen molar-refractivity contribution < 1.29 is 32.2 Å². The molecule has 9 nitrogen and oxygen atoms in total. The molecule has 0 saturated heterocycles. The predicted octanol–water partition coefficient (Wildman–Crippen LogP) is 3.17. The van der Waals surface area contributed by atoms with Crippen molar-refractivity contribution in [2.75, 3.05) is 33.9 Å². The molecule has 4 rings (SSSR count). The van der Waals surface area contributed by atoms with Crippen LogP contribution in [0.4, 0.5) is 4.39 Å². The van der Waals surface area contributed by atoms with Crippen LogP contribution in [-0.2, 0) is 10.0 Å². The van der Waals surface area contributed by atoms with E-state index in [1.165, 1.54) is 53.8 Å². The lowest BCUT2D eigenvalue weighted by Crippen LogP contribution is -2.50. The number of fused-ring (bicyclic) bond motifs is 1. The first kappa shape index (κ1) is 30.0. The molecule has 216 valence electrons. The third kappa shape index (κ3) is 6.85. The van der Waals surface area contributed by atoms with Gasteiger partial charge in [0.05, 0.1) is 31.2 Å². The van der Waals surface area contributed by atoms with E-state index in [1.807, 2.05) is 6.92 Å². The molecule has 0 saturated carbocycles. The van der Waals surface area contributed by atoms with Crippen LogP contribution in [0.2, 0.25) is 0 Å². The highest BCUT2D eigenvalue weighted by atomic mass is 32.2. The molecule has 1 N–H and O–H groups in total. The molecule has 1 aliphatic heterocycles. The highest BCUT2D eigenvalue weighted by Gasteiger charge is 2.36. The molecule has 2 heterocycles. The van der Waals surface area contributed by atoms with E-state index in [0.717, 1.165) is 0 Å². The number of carbonyl (C=O) groups excluding carboxylic acids is 1. The van der Waals surface area contributed by atoms with Gasteiger partial charge in [0.1, 0.15) is 23.2 Å². The highest BCUT2D eigenvalue weighted by Crippen LogP contribution is 2.28. The molecule has 1 aliphatic rings. The summed E-state index contributed by atoms with van der Waals surface area (Å²) < 4.78 is 52.7. The second kappa shape index (κ2) is 12.7. The van der Waals surface area contributed by atoms with E-state index in [-0.39, 0.29) is 42.0 Å². The fraction of sp³-hybridized carbons (Fsp3) is 0.333. The largest absolute Gasteiger partial charge is 0.497 e. The number of nitrogens with zero attached hydrogens (tertiary/aromatic N) is 3. The Kier molecular flexibility index (Phi) is 9.28. The first-order valence-electron chi connectivity index (χ1n) is 13.0. The number of aliphatic hydroxyl groups excluding tert-OH is 1. The van der Waals surface area contributed by atoms with E-state index in [4.69, 9.17) is 9.47 Å². The number of rotatable bonds is 7. The highest BCUT2D eigenvalue weighted by molar-refractivity contribution is 7.89. The van der Waals surface area contributed by atoms with Gasteiger partial charge in [0.15, 0.2) is 0 Å². The second-order valence-corrected chi connectivity index (χ2v) is 12.0. The number of aromatic nitrogens is 1. The van der Waals surface area contributed by atoms with Gasteiger partial charge in [-0.2, -0.15) is 4.31 Å². The Morgan fingerprint density at radius 3 is 2.56 bits per heavy atom. The average molecular weight is 582 g/mol. The van der Waals surface area contributed by atoms with Gasteiger partial charge in [0.25, 0.3) is 5.91 Å². The molecule has 0 spiro atoms. The van der Waals surface area contributed by atoms with Gasteiger partial charge in [0, 0.05) is 36.8 Å². The number of hydrogen-bond acceptors (Lipinski definition) is 7. The Bertz CT molecular complexity index is 1570. The molecular weight excluding hydrogens is 549 g/mol. The van der Waals surface area contributed by atoms with Crippen LogP contribution in [0.5, 0.6) is 11.6 Å². The van der Waals surface area contributed by atoms with Crippen LogP contribution in [0.3, 0.4) is 0 Å². The summed E-state index contributed by atoms with van der Waals surface area (Å²) in [6.07, 6.45) is 0.768. The van der Waals surface area contributed by atoms with Crippen LogP contribution in [0.15, 0.2) is 65.7 Å². The van der Waals surface area contributed by atoms with Crippen LogP contribution >= 0.6 is 0 Å². The van der Waals surface area contributed by atoms with E-state index < -0.39 is 33.9 Å². The number of sulfonamides is 1. The van der Waals surface area contributed by atoms with Gasteiger partial charge in [-0.3, -0.25) is 4.79 Å². The summed E-state index contributed by atoms with van der Waals surface area (Å²) in [5.41, 5.74) is 1.00. The normalized spacial score (nSPS) is 17.9. The zero-order valence-electron chi connectivity index (χ0n) is 23.2. The molecule has 0 fully saturated rings. The Balaban J connectivity index is 1.67. The Morgan fingerprint density at radius 1 is 1.20 bits per heavy atom. The number of likely N-dealkylation sites (N-methyl/N-ethyl adjacent to an activating group) is 1. The van der Waals surface area contributed by atoms with Crippen molar-refractivity contribution >= 4 is 15.9 Å². The van der Waals surface area contributed by atoms with Crippen LogP contribution in [0, 0.1) is 23.6 Å². The van der Waals surface area contributed by atoms with Gasteiger partial charge in [-0.1, -0.05) is 24.8 Å². The maximum Gasteiger partial charge on any atom is 0.259 e. The lowest BCUT2D eigenvalue weighted by atomic mass is 10.0. The zero-order chi connectivity index (χ0) is 29.7. The third-order valence-electron chi connectivity index (χ3n) is 6.90. The number of halogens is 1. The van der Waals surface area contributed by atoms with Crippen molar-refractivity contribution in [2.24, 2.45) is 5.92 Å². The van der Waals surface area contributed by atoms with Crippen molar-refractivity contribution in [1.29, 1.82) is 0 Å². The molecular formula is C30H32FN3O6S. The molecule has 0 aliphatic carbocycles. The van der Waals surface area contributed by atoms with Crippen LogP contribution in [-0.4, -0.2) is 79.6 Å². The molecule has 3 aromatic rings. The quantitative estimate of drug-likeness (QED) is 0.427. The number of benzene rings is 2. The number of amides is 1. The van der Waals surface area contributed by atoms with Gasteiger partial charge in [0.2, 0.25) is 15.9 Å². The smallest absolute Gasteiger partial charge is 0.259 e. The minimum atomic E-state index is -3.86. The second-order valence-electron chi connectivity index (χ2n) is 9.92. The summed E-state index contributed by atoms with van der Waals surface area (Å²) >= 11 is 0. The number of aliphatic hydroxyl groups is 1. The van der Waals surface area contributed by atoms with E-state index in [1.54, 1.807) is 37.3 Å². The van der Waals surface area contributed by atoms with E-state index in [0.29, 0.717) is 16.9 Å². The monoisotopic (exact) mass is 581 g/mol. The number of hydrogen-bond donors (Lipinski definition) is 1. The molecule has 0 radical (unpaired) electrons. The predicted molar refractivity (Wildman–Crippen MR) is 151 cm³/mol. The van der Waals surface area contributed by atoms with Crippen molar-refractivity contribution in [3.8, 4) is 23.5 Å². The van der Waals surface area contributed by atoms with Gasteiger partial charge in [-0.05, 0) is 55.5 Å². The minimum absolute atomic E-state index is 0.0205. The van der Waals surface area contributed by atoms with Crippen LogP contribution in [0.25, 0.3) is 0 Å². The lowest BCUT2D eigenvalue weighted by molar-refractivity contribution is 0.0373. The first-order valence-corrected chi connectivity index (χ1v) is 14.4. The lowest BCUT2D eigenvalue weighted by Gasteiger charge is -2.37.